The van der Waals surface area contributed by atoms with E-state index >= 15 is 0 Å². The van der Waals surface area contributed by atoms with Crippen LogP contribution in [0.4, 0.5) is 13.2 Å². The molecule has 0 spiro atoms. The standard InChI is InChI=1S/C8H4ClF3O.C4H9NO/c9-7(13)5-2-1-3-6(4-5)8(10,11)12;1-3-6-4-2-5-1/h1-4H;5H,1-4H2. The van der Waals surface area contributed by atoms with Gasteiger partial charge in [0.15, 0.2) is 0 Å². The summed E-state index contributed by atoms with van der Waals surface area (Å²) in [4.78, 5) is 10.5. The van der Waals surface area contributed by atoms with E-state index in [9.17, 15) is 18.0 Å². The van der Waals surface area contributed by atoms with Gasteiger partial charge in [-0.3, -0.25) is 4.79 Å². The lowest BCUT2D eigenvalue weighted by Gasteiger charge is -2.10. The molecule has 1 aliphatic rings. The maximum Gasteiger partial charge on any atom is 0.416 e. The number of ether oxygens (including phenoxy) is 1. The summed E-state index contributed by atoms with van der Waals surface area (Å²) in [6.45, 7) is 3.83. The first kappa shape index (κ1) is 15.9. The van der Waals surface area contributed by atoms with Gasteiger partial charge >= 0.3 is 6.18 Å². The molecule has 106 valence electrons. The largest absolute Gasteiger partial charge is 0.416 e. The van der Waals surface area contributed by atoms with Gasteiger partial charge in [-0.05, 0) is 23.7 Å². The van der Waals surface area contributed by atoms with E-state index in [1.165, 1.54) is 6.07 Å². The Morgan fingerprint density at radius 1 is 1.26 bits per heavy atom. The molecule has 0 amide bonds. The zero-order chi connectivity index (χ0) is 14.3. The average Bonchev–Trinajstić information content (AvgIpc) is 2.40. The molecule has 1 N–H and O–H groups in total. The fourth-order valence-electron chi connectivity index (χ4n) is 1.33. The third-order valence-corrected chi connectivity index (χ3v) is 2.48. The Morgan fingerprint density at radius 3 is 2.26 bits per heavy atom. The second-order valence-corrected chi connectivity index (χ2v) is 4.06. The van der Waals surface area contributed by atoms with Gasteiger partial charge in [-0.2, -0.15) is 13.2 Å². The van der Waals surface area contributed by atoms with Crippen LogP contribution >= 0.6 is 11.6 Å². The molecule has 1 aliphatic heterocycles. The SMILES string of the molecule is C1COCCN1.O=C(Cl)c1cccc(C(F)(F)F)c1. The van der Waals surface area contributed by atoms with Crippen LogP contribution in [-0.4, -0.2) is 31.5 Å². The zero-order valence-corrected chi connectivity index (χ0v) is 10.7. The lowest BCUT2D eigenvalue weighted by molar-refractivity contribution is -0.137. The van der Waals surface area contributed by atoms with Gasteiger partial charge in [-0.25, -0.2) is 0 Å². The summed E-state index contributed by atoms with van der Waals surface area (Å²) in [5.74, 6) is 0. The number of alkyl halides is 3. The van der Waals surface area contributed by atoms with Crippen LogP contribution in [0.3, 0.4) is 0 Å². The Kier molecular flexibility index (Phi) is 6.27. The lowest BCUT2D eigenvalue weighted by atomic mass is 10.1. The first-order chi connectivity index (χ1) is 8.91. The van der Waals surface area contributed by atoms with Crippen molar-refractivity contribution in [2.45, 2.75) is 6.18 Å². The van der Waals surface area contributed by atoms with E-state index in [4.69, 9.17) is 16.3 Å². The van der Waals surface area contributed by atoms with Gasteiger partial charge in [0.1, 0.15) is 0 Å². The molecule has 2 rings (SSSR count). The first-order valence-electron chi connectivity index (χ1n) is 5.57. The number of benzene rings is 1. The van der Waals surface area contributed by atoms with E-state index < -0.39 is 17.0 Å². The van der Waals surface area contributed by atoms with Gasteiger partial charge in [-0.1, -0.05) is 12.1 Å². The van der Waals surface area contributed by atoms with Gasteiger partial charge in [0.05, 0.1) is 18.8 Å². The van der Waals surface area contributed by atoms with Gasteiger partial charge in [0.25, 0.3) is 5.24 Å². The van der Waals surface area contributed by atoms with Gasteiger partial charge in [0, 0.05) is 18.7 Å². The number of hydrogen-bond donors (Lipinski definition) is 1. The minimum absolute atomic E-state index is 0.156. The molecule has 0 radical (unpaired) electrons. The number of morpholine rings is 1. The van der Waals surface area contributed by atoms with E-state index in [-0.39, 0.29) is 5.56 Å². The van der Waals surface area contributed by atoms with Crippen LogP contribution in [-0.2, 0) is 10.9 Å². The van der Waals surface area contributed by atoms with E-state index in [0.29, 0.717) is 0 Å². The van der Waals surface area contributed by atoms with Crippen molar-refractivity contribution in [3.63, 3.8) is 0 Å². The molecule has 0 aromatic heterocycles. The van der Waals surface area contributed by atoms with Gasteiger partial charge in [0.2, 0.25) is 0 Å². The second-order valence-electron chi connectivity index (χ2n) is 3.71. The van der Waals surface area contributed by atoms with E-state index in [1.807, 2.05) is 0 Å². The molecule has 0 saturated carbocycles. The van der Waals surface area contributed by atoms with Gasteiger partial charge in [-0.15, -0.1) is 0 Å². The summed E-state index contributed by atoms with van der Waals surface area (Å²) in [6, 6.07) is 3.96. The van der Waals surface area contributed by atoms with Crippen molar-refractivity contribution in [1.82, 2.24) is 5.32 Å². The van der Waals surface area contributed by atoms with Crippen LogP contribution in [0.1, 0.15) is 15.9 Å². The van der Waals surface area contributed by atoms with Crippen LogP contribution < -0.4 is 5.32 Å². The van der Waals surface area contributed by atoms with E-state index in [1.54, 1.807) is 0 Å². The maximum absolute atomic E-state index is 12.1. The minimum atomic E-state index is -4.44. The summed E-state index contributed by atoms with van der Waals surface area (Å²) >= 11 is 5.02. The highest BCUT2D eigenvalue weighted by molar-refractivity contribution is 6.67. The highest BCUT2D eigenvalue weighted by Gasteiger charge is 2.30. The van der Waals surface area contributed by atoms with Crippen LogP contribution in [0, 0.1) is 0 Å². The lowest BCUT2D eigenvalue weighted by Crippen LogP contribution is -2.30. The Labute approximate surface area is 113 Å². The molecule has 1 saturated heterocycles. The molecule has 19 heavy (non-hydrogen) atoms. The number of hydrogen-bond acceptors (Lipinski definition) is 3. The Hall–Kier alpha value is -1.11. The number of nitrogens with one attached hydrogen (secondary N) is 1. The van der Waals surface area contributed by atoms with Crippen molar-refractivity contribution < 1.29 is 22.7 Å². The van der Waals surface area contributed by atoms with E-state index in [2.05, 4.69) is 5.32 Å². The van der Waals surface area contributed by atoms with Crippen LogP contribution in [0.2, 0.25) is 0 Å². The summed E-state index contributed by atoms with van der Waals surface area (Å²) in [5, 5.41) is 2.26. The number of carbonyl (C=O) groups excluding carboxylic acids is 1. The Morgan fingerprint density at radius 2 is 1.89 bits per heavy atom. The van der Waals surface area contributed by atoms with Crippen molar-refractivity contribution in [1.29, 1.82) is 0 Å². The summed E-state index contributed by atoms with van der Waals surface area (Å²) < 4.78 is 41.2. The summed E-state index contributed by atoms with van der Waals surface area (Å²) in [6.07, 6.45) is -4.44. The van der Waals surface area contributed by atoms with Crippen molar-refractivity contribution in [2.75, 3.05) is 26.3 Å². The summed E-state index contributed by atoms with van der Waals surface area (Å²) in [5.41, 5.74) is -1.03. The van der Waals surface area contributed by atoms with Crippen molar-refractivity contribution in [3.8, 4) is 0 Å². The molecule has 0 aliphatic carbocycles. The second kappa shape index (κ2) is 7.47. The molecular weight excluding hydrogens is 283 g/mol. The molecule has 1 fully saturated rings. The molecule has 7 heteroatoms. The van der Waals surface area contributed by atoms with E-state index in [0.717, 1.165) is 44.5 Å². The number of rotatable bonds is 1. The van der Waals surface area contributed by atoms with Crippen molar-refractivity contribution >= 4 is 16.8 Å². The predicted molar refractivity (Wildman–Crippen MR) is 65.3 cm³/mol. The Bertz CT molecular complexity index is 408. The molecule has 0 unspecified atom stereocenters. The summed E-state index contributed by atoms with van der Waals surface area (Å²) in [7, 11) is 0. The van der Waals surface area contributed by atoms with Crippen LogP contribution in [0.15, 0.2) is 24.3 Å². The average molecular weight is 296 g/mol. The molecule has 3 nitrogen and oxygen atoms in total. The molecule has 0 atom stereocenters. The molecular formula is C12H13ClF3NO2. The fraction of sp³-hybridized carbons (Fsp3) is 0.417. The normalized spacial score (nSPS) is 15.4. The third kappa shape index (κ3) is 6.04. The van der Waals surface area contributed by atoms with Crippen molar-refractivity contribution in [2.24, 2.45) is 0 Å². The topological polar surface area (TPSA) is 38.3 Å². The highest BCUT2D eigenvalue weighted by Crippen LogP contribution is 2.29. The maximum atomic E-state index is 12.1. The van der Waals surface area contributed by atoms with Gasteiger partial charge < -0.3 is 10.1 Å². The molecule has 1 aromatic rings. The van der Waals surface area contributed by atoms with Crippen molar-refractivity contribution in [3.05, 3.63) is 35.4 Å². The zero-order valence-electron chi connectivity index (χ0n) is 9.97. The number of carbonyl (C=O) groups is 1. The fourth-order valence-corrected chi connectivity index (χ4v) is 1.45. The molecule has 0 bridgehead atoms. The monoisotopic (exact) mass is 295 g/mol. The van der Waals surface area contributed by atoms with Crippen LogP contribution in [0.5, 0.6) is 0 Å². The van der Waals surface area contributed by atoms with Crippen LogP contribution in [0.25, 0.3) is 0 Å². The first-order valence-corrected chi connectivity index (χ1v) is 5.94. The number of halogens is 4. The quantitative estimate of drug-likeness (QED) is 0.810. The third-order valence-electron chi connectivity index (χ3n) is 2.26. The smallest absolute Gasteiger partial charge is 0.379 e. The Balaban J connectivity index is 0.000000250. The molecule has 1 aromatic carbocycles. The minimum Gasteiger partial charge on any atom is -0.379 e. The highest BCUT2D eigenvalue weighted by atomic mass is 35.5. The predicted octanol–water partition coefficient (Wildman–Crippen LogP) is 2.69. The molecule has 1 heterocycles.